The van der Waals surface area contributed by atoms with E-state index in [2.05, 4.69) is 15.7 Å². The number of halogens is 2. The molecule has 1 fully saturated rings. The number of amides is 1. The van der Waals surface area contributed by atoms with E-state index in [1.165, 1.54) is 5.56 Å². The van der Waals surface area contributed by atoms with Crippen LogP contribution < -0.4 is 10.6 Å². The summed E-state index contributed by atoms with van der Waals surface area (Å²) in [6.45, 7) is 1.65. The topological polar surface area (TPSA) is 63.9 Å². The normalized spacial score (nSPS) is 19.3. The van der Waals surface area contributed by atoms with Gasteiger partial charge < -0.3 is 15.2 Å². The zero-order valence-electron chi connectivity index (χ0n) is 16.3. The molecule has 1 aliphatic rings. The monoisotopic (exact) mass is 431 g/mol. The highest BCUT2D eigenvalue weighted by atomic mass is 35.5. The van der Waals surface area contributed by atoms with Crippen LogP contribution in [0.2, 0.25) is 10.0 Å². The second-order valence-corrected chi connectivity index (χ2v) is 8.26. The third-order valence-corrected chi connectivity index (χ3v) is 6.03. The molecule has 2 aromatic heterocycles. The molecule has 1 aliphatic heterocycles. The zero-order chi connectivity index (χ0) is 20.5. The summed E-state index contributed by atoms with van der Waals surface area (Å²) < 4.78 is 3.53. The fourth-order valence-corrected chi connectivity index (χ4v) is 4.42. The van der Waals surface area contributed by atoms with Crippen LogP contribution >= 0.6 is 23.2 Å². The fraction of sp³-hybridized carbons (Fsp3) is 0.333. The molecule has 1 saturated heterocycles. The number of benzene rings is 1. The number of hydrogen-bond donors (Lipinski definition) is 2. The van der Waals surface area contributed by atoms with E-state index in [-0.39, 0.29) is 17.9 Å². The van der Waals surface area contributed by atoms with Crippen molar-refractivity contribution in [3.8, 4) is 11.3 Å². The van der Waals surface area contributed by atoms with E-state index in [1.807, 2.05) is 55.2 Å². The molecule has 0 unspecified atom stereocenters. The van der Waals surface area contributed by atoms with Gasteiger partial charge in [-0.3, -0.25) is 9.48 Å². The molecule has 1 amide bonds. The lowest BCUT2D eigenvalue weighted by Crippen LogP contribution is -2.50. The Balaban J connectivity index is 1.56. The number of aromatic nitrogens is 3. The highest BCUT2D eigenvalue weighted by Crippen LogP contribution is 2.30. The van der Waals surface area contributed by atoms with Crippen LogP contribution in [0.4, 0.5) is 0 Å². The van der Waals surface area contributed by atoms with Gasteiger partial charge in [0.05, 0.1) is 16.9 Å². The van der Waals surface area contributed by atoms with Gasteiger partial charge in [0.1, 0.15) is 5.69 Å². The van der Waals surface area contributed by atoms with E-state index in [1.54, 1.807) is 10.9 Å². The maximum atomic E-state index is 13.1. The molecule has 4 rings (SSSR count). The summed E-state index contributed by atoms with van der Waals surface area (Å²) in [7, 11) is 3.69. The molecule has 2 atom stereocenters. The lowest BCUT2D eigenvalue weighted by molar-refractivity contribution is 0.0916. The van der Waals surface area contributed by atoms with Crippen molar-refractivity contribution in [1.82, 2.24) is 25.0 Å². The van der Waals surface area contributed by atoms with Crippen molar-refractivity contribution in [2.45, 2.75) is 18.4 Å². The van der Waals surface area contributed by atoms with Gasteiger partial charge in [-0.25, -0.2) is 0 Å². The molecule has 6 nitrogen and oxygen atoms in total. The summed E-state index contributed by atoms with van der Waals surface area (Å²) in [5.74, 6) is 0.133. The summed E-state index contributed by atoms with van der Waals surface area (Å²) >= 11 is 12.3. The van der Waals surface area contributed by atoms with Crippen LogP contribution in [-0.2, 0) is 14.1 Å². The first-order valence-electron chi connectivity index (χ1n) is 9.55. The highest BCUT2D eigenvalue weighted by Gasteiger charge is 2.29. The number of aryl methyl sites for hydroxylation is 2. The number of hydrogen-bond acceptors (Lipinski definition) is 3. The van der Waals surface area contributed by atoms with E-state index in [0.717, 1.165) is 30.8 Å². The first-order valence-corrected chi connectivity index (χ1v) is 10.3. The molecule has 0 aliphatic carbocycles. The minimum Gasteiger partial charge on any atom is -0.346 e. The molecule has 152 valence electrons. The van der Waals surface area contributed by atoms with Crippen molar-refractivity contribution < 1.29 is 4.79 Å². The van der Waals surface area contributed by atoms with Gasteiger partial charge in [0.15, 0.2) is 0 Å². The van der Waals surface area contributed by atoms with Gasteiger partial charge in [-0.15, -0.1) is 0 Å². The van der Waals surface area contributed by atoms with E-state index in [9.17, 15) is 4.79 Å². The predicted octanol–water partition coefficient (Wildman–Crippen LogP) is 3.61. The third kappa shape index (κ3) is 4.06. The first-order chi connectivity index (χ1) is 13.9. The lowest BCUT2D eigenvalue weighted by atomic mass is 9.86. The van der Waals surface area contributed by atoms with Gasteiger partial charge in [-0.05, 0) is 36.7 Å². The Morgan fingerprint density at radius 2 is 2.00 bits per heavy atom. The number of carbonyl (C=O) groups excluding carboxylic acids is 1. The second-order valence-electron chi connectivity index (χ2n) is 7.42. The minimum absolute atomic E-state index is 0.00364. The summed E-state index contributed by atoms with van der Waals surface area (Å²) in [6.07, 6.45) is 4.46. The number of carbonyl (C=O) groups is 1. The summed E-state index contributed by atoms with van der Waals surface area (Å²) in [5, 5.41) is 12.1. The van der Waals surface area contributed by atoms with Crippen LogP contribution in [0, 0.1) is 0 Å². The molecule has 29 heavy (non-hydrogen) atoms. The van der Waals surface area contributed by atoms with Gasteiger partial charge in [0, 0.05) is 49.4 Å². The maximum Gasteiger partial charge on any atom is 0.268 e. The fourth-order valence-electron chi connectivity index (χ4n) is 4.02. The quantitative estimate of drug-likeness (QED) is 0.662. The molecule has 1 aromatic carbocycles. The molecular weight excluding hydrogens is 409 g/mol. The Morgan fingerprint density at radius 1 is 1.24 bits per heavy atom. The summed E-state index contributed by atoms with van der Waals surface area (Å²) in [6, 6.07) is 9.74. The van der Waals surface area contributed by atoms with Crippen molar-refractivity contribution in [2.24, 2.45) is 14.1 Å². The summed E-state index contributed by atoms with van der Waals surface area (Å²) in [5.41, 5.74) is 3.42. The Kier molecular flexibility index (Phi) is 5.67. The SMILES string of the molecule is Cn1cc(-c2c(Cl)cnn2C)cc1C(=O)N[C@@H]1CNCC[C@H]1c1ccc(Cl)cc1. The second kappa shape index (κ2) is 8.22. The zero-order valence-corrected chi connectivity index (χ0v) is 17.8. The van der Waals surface area contributed by atoms with E-state index in [4.69, 9.17) is 23.2 Å². The molecular formula is C21H23Cl2N5O. The average Bonchev–Trinajstić information content (AvgIpc) is 3.24. The van der Waals surface area contributed by atoms with Gasteiger partial charge >= 0.3 is 0 Å². The number of rotatable bonds is 4. The van der Waals surface area contributed by atoms with Crippen molar-refractivity contribution in [1.29, 1.82) is 0 Å². The lowest BCUT2D eigenvalue weighted by Gasteiger charge is -2.33. The molecule has 2 N–H and O–H groups in total. The van der Waals surface area contributed by atoms with Crippen molar-refractivity contribution in [2.75, 3.05) is 13.1 Å². The molecule has 0 bridgehead atoms. The van der Waals surface area contributed by atoms with E-state index >= 15 is 0 Å². The van der Waals surface area contributed by atoms with Crippen LogP contribution in [0.15, 0.2) is 42.7 Å². The predicted molar refractivity (Wildman–Crippen MR) is 116 cm³/mol. The Labute approximate surface area is 179 Å². The van der Waals surface area contributed by atoms with Crippen molar-refractivity contribution in [3.05, 3.63) is 64.0 Å². The average molecular weight is 432 g/mol. The maximum absolute atomic E-state index is 13.1. The highest BCUT2D eigenvalue weighted by molar-refractivity contribution is 6.33. The van der Waals surface area contributed by atoms with Gasteiger partial charge in [0.2, 0.25) is 0 Å². The molecule has 0 saturated carbocycles. The molecule has 8 heteroatoms. The van der Waals surface area contributed by atoms with Gasteiger partial charge in [-0.2, -0.15) is 5.10 Å². The first kappa shape index (κ1) is 20.0. The molecule has 0 radical (unpaired) electrons. The molecule has 0 spiro atoms. The Hall–Kier alpha value is -2.28. The van der Waals surface area contributed by atoms with Crippen LogP contribution in [0.5, 0.6) is 0 Å². The minimum atomic E-state index is -0.107. The van der Waals surface area contributed by atoms with Crippen LogP contribution in [-0.4, -0.2) is 39.4 Å². The van der Waals surface area contributed by atoms with Crippen molar-refractivity contribution in [3.63, 3.8) is 0 Å². The number of piperidine rings is 1. The van der Waals surface area contributed by atoms with E-state index in [0.29, 0.717) is 15.7 Å². The smallest absolute Gasteiger partial charge is 0.268 e. The summed E-state index contributed by atoms with van der Waals surface area (Å²) in [4.78, 5) is 13.1. The van der Waals surface area contributed by atoms with Crippen LogP contribution in [0.25, 0.3) is 11.3 Å². The van der Waals surface area contributed by atoms with Crippen LogP contribution in [0.1, 0.15) is 28.4 Å². The standard InChI is InChI=1S/C21H23Cl2N5O/c1-27-12-14(20-17(23)10-25-28(20)2)9-19(27)21(29)26-18-11-24-8-7-16(18)13-3-5-15(22)6-4-13/h3-6,9-10,12,16,18,24H,7-8,11H2,1-2H3,(H,26,29)/t16-,18+/m0/s1. The van der Waals surface area contributed by atoms with Crippen LogP contribution in [0.3, 0.4) is 0 Å². The van der Waals surface area contributed by atoms with Crippen molar-refractivity contribution >= 4 is 29.1 Å². The molecule has 3 heterocycles. The Bertz CT molecular complexity index is 1000. The number of nitrogens with zero attached hydrogens (tertiary/aromatic N) is 3. The largest absolute Gasteiger partial charge is 0.346 e. The van der Waals surface area contributed by atoms with Gasteiger partial charge in [0.25, 0.3) is 5.91 Å². The molecule has 3 aromatic rings. The Morgan fingerprint density at radius 3 is 2.69 bits per heavy atom. The van der Waals surface area contributed by atoms with Gasteiger partial charge in [-0.1, -0.05) is 35.3 Å². The third-order valence-electron chi connectivity index (χ3n) is 5.50. The number of nitrogens with one attached hydrogen (secondary N) is 2. The van der Waals surface area contributed by atoms with E-state index < -0.39 is 0 Å².